The largest absolute Gasteiger partial charge is 0.381 e. The standard InChI is InChI=1S/C29H31N5O2/c1-19-13-15-34(27-7-5-4-6-25(27)31-19)29(36)22-8-10-23(26(17-22)32-28(35)18-33(2)3)20-9-11-24-21(16-20)12-14-30-24/h4-12,14,16-17,19,30-31H,13,15,18H2,1-3H3,(H,32,35). The van der Waals surface area contributed by atoms with Crippen molar-refractivity contribution in [2.45, 2.75) is 19.4 Å². The van der Waals surface area contributed by atoms with E-state index in [-0.39, 0.29) is 24.4 Å². The van der Waals surface area contributed by atoms with E-state index in [1.807, 2.05) is 84.7 Å². The van der Waals surface area contributed by atoms with Crippen LogP contribution in [0.15, 0.2) is 72.9 Å². The third kappa shape index (κ3) is 4.83. The van der Waals surface area contributed by atoms with Gasteiger partial charge in [0.15, 0.2) is 0 Å². The lowest BCUT2D eigenvalue weighted by Crippen LogP contribution is -2.32. The van der Waals surface area contributed by atoms with Gasteiger partial charge in [0.1, 0.15) is 0 Å². The van der Waals surface area contributed by atoms with Crippen molar-refractivity contribution in [3.8, 4) is 11.1 Å². The van der Waals surface area contributed by atoms with Crippen LogP contribution < -0.4 is 15.5 Å². The molecule has 3 aromatic carbocycles. The van der Waals surface area contributed by atoms with Crippen LogP contribution in [0, 0.1) is 0 Å². The fraction of sp³-hybridized carbons (Fsp3) is 0.241. The van der Waals surface area contributed by atoms with Crippen molar-refractivity contribution in [2.24, 2.45) is 0 Å². The van der Waals surface area contributed by atoms with Crippen LogP contribution in [0.1, 0.15) is 23.7 Å². The summed E-state index contributed by atoms with van der Waals surface area (Å²) in [5, 5.41) is 7.63. The van der Waals surface area contributed by atoms with Crippen LogP contribution in [0.5, 0.6) is 0 Å². The summed E-state index contributed by atoms with van der Waals surface area (Å²) in [6.45, 7) is 2.98. The monoisotopic (exact) mass is 481 g/mol. The smallest absolute Gasteiger partial charge is 0.258 e. The number of para-hydroxylation sites is 2. The van der Waals surface area contributed by atoms with Gasteiger partial charge in [0.2, 0.25) is 5.91 Å². The van der Waals surface area contributed by atoms with Gasteiger partial charge in [0.05, 0.1) is 17.9 Å². The molecule has 1 atom stereocenters. The number of nitrogens with one attached hydrogen (secondary N) is 3. The average molecular weight is 482 g/mol. The van der Waals surface area contributed by atoms with Crippen molar-refractivity contribution in [1.29, 1.82) is 0 Å². The normalized spacial score (nSPS) is 15.3. The molecule has 2 amide bonds. The molecule has 0 fully saturated rings. The number of carbonyl (C=O) groups is 2. The number of hydrogen-bond acceptors (Lipinski definition) is 4. The molecule has 5 rings (SSSR count). The van der Waals surface area contributed by atoms with Crippen molar-refractivity contribution in [3.05, 3.63) is 78.5 Å². The number of benzene rings is 3. The molecule has 3 N–H and O–H groups in total. The third-order valence-electron chi connectivity index (χ3n) is 6.49. The van der Waals surface area contributed by atoms with Gasteiger partial charge in [0.25, 0.3) is 5.91 Å². The van der Waals surface area contributed by atoms with Crippen LogP contribution in [0.3, 0.4) is 0 Å². The predicted octanol–water partition coefficient (Wildman–Crippen LogP) is 5.19. The molecule has 1 unspecified atom stereocenters. The lowest BCUT2D eigenvalue weighted by Gasteiger charge is -2.23. The number of nitrogens with zero attached hydrogens (tertiary/aromatic N) is 2. The summed E-state index contributed by atoms with van der Waals surface area (Å²) in [5.74, 6) is -0.221. The molecule has 0 radical (unpaired) electrons. The van der Waals surface area contributed by atoms with E-state index in [9.17, 15) is 9.59 Å². The summed E-state index contributed by atoms with van der Waals surface area (Å²) >= 11 is 0. The zero-order valence-corrected chi connectivity index (χ0v) is 20.8. The van der Waals surface area contributed by atoms with E-state index in [2.05, 4.69) is 28.6 Å². The van der Waals surface area contributed by atoms with E-state index in [1.54, 1.807) is 6.07 Å². The Hall–Kier alpha value is -4.10. The molecule has 0 saturated heterocycles. The number of fused-ring (bicyclic) bond motifs is 2. The molecule has 0 aliphatic carbocycles. The average Bonchev–Trinajstić information content (AvgIpc) is 3.25. The minimum atomic E-state index is -0.133. The fourth-order valence-electron chi connectivity index (χ4n) is 4.71. The lowest BCUT2D eigenvalue weighted by molar-refractivity contribution is -0.116. The van der Waals surface area contributed by atoms with Gasteiger partial charge in [-0.1, -0.05) is 24.3 Å². The number of H-pyrrole nitrogens is 1. The molecule has 184 valence electrons. The number of carbonyl (C=O) groups excluding carboxylic acids is 2. The molecule has 1 aromatic heterocycles. The van der Waals surface area contributed by atoms with Gasteiger partial charge < -0.3 is 25.4 Å². The van der Waals surface area contributed by atoms with Crippen molar-refractivity contribution in [2.75, 3.05) is 42.7 Å². The topological polar surface area (TPSA) is 80.5 Å². The van der Waals surface area contributed by atoms with Crippen LogP contribution in [-0.4, -0.2) is 54.9 Å². The predicted molar refractivity (Wildman–Crippen MR) is 147 cm³/mol. The second kappa shape index (κ2) is 9.87. The van der Waals surface area contributed by atoms with Crippen molar-refractivity contribution >= 4 is 39.8 Å². The Morgan fingerprint density at radius 2 is 1.89 bits per heavy atom. The van der Waals surface area contributed by atoms with Crippen LogP contribution in [0.25, 0.3) is 22.0 Å². The summed E-state index contributed by atoms with van der Waals surface area (Å²) in [6, 6.07) is 21.9. The first-order chi connectivity index (χ1) is 17.4. The zero-order chi connectivity index (χ0) is 25.2. The second-order valence-electron chi connectivity index (χ2n) is 9.63. The number of anilines is 3. The van der Waals surface area contributed by atoms with Gasteiger partial charge in [-0.25, -0.2) is 0 Å². The molecule has 4 aromatic rings. The minimum Gasteiger partial charge on any atom is -0.381 e. The molecule has 2 heterocycles. The van der Waals surface area contributed by atoms with Crippen LogP contribution in [0.4, 0.5) is 17.1 Å². The number of hydrogen-bond donors (Lipinski definition) is 3. The SMILES string of the molecule is CC1CCN(C(=O)c2ccc(-c3ccc4[nH]ccc4c3)c(NC(=O)CN(C)C)c2)c2ccccc2N1. The second-order valence-corrected chi connectivity index (χ2v) is 9.63. The molecule has 36 heavy (non-hydrogen) atoms. The Morgan fingerprint density at radius 1 is 1.06 bits per heavy atom. The van der Waals surface area contributed by atoms with Gasteiger partial charge >= 0.3 is 0 Å². The van der Waals surface area contributed by atoms with Gasteiger partial charge in [0, 0.05) is 41.1 Å². The third-order valence-corrected chi connectivity index (χ3v) is 6.49. The Bertz CT molecular complexity index is 1420. The quantitative estimate of drug-likeness (QED) is 0.367. The maximum absolute atomic E-state index is 13.8. The van der Waals surface area contributed by atoms with E-state index in [4.69, 9.17) is 0 Å². The first kappa shape index (κ1) is 23.6. The first-order valence-corrected chi connectivity index (χ1v) is 12.2. The number of amides is 2. The number of rotatable bonds is 5. The highest BCUT2D eigenvalue weighted by Crippen LogP contribution is 2.34. The first-order valence-electron chi connectivity index (χ1n) is 12.2. The Labute approximate surface area is 211 Å². The molecule has 7 nitrogen and oxygen atoms in total. The Balaban J connectivity index is 1.54. The summed E-state index contributed by atoms with van der Waals surface area (Å²) < 4.78 is 0. The van der Waals surface area contributed by atoms with Crippen molar-refractivity contribution in [3.63, 3.8) is 0 Å². The Morgan fingerprint density at radius 3 is 2.72 bits per heavy atom. The molecule has 1 aliphatic heterocycles. The number of likely N-dealkylation sites (N-methyl/N-ethyl adjacent to an activating group) is 1. The highest BCUT2D eigenvalue weighted by atomic mass is 16.2. The maximum Gasteiger partial charge on any atom is 0.258 e. The van der Waals surface area contributed by atoms with Crippen LogP contribution >= 0.6 is 0 Å². The highest BCUT2D eigenvalue weighted by molar-refractivity contribution is 6.10. The fourth-order valence-corrected chi connectivity index (χ4v) is 4.71. The van der Waals surface area contributed by atoms with Gasteiger partial charge in [-0.3, -0.25) is 9.59 Å². The number of aromatic amines is 1. The molecule has 0 spiro atoms. The van der Waals surface area contributed by atoms with E-state index >= 15 is 0 Å². The molecule has 7 heteroatoms. The van der Waals surface area contributed by atoms with Gasteiger partial charge in [-0.15, -0.1) is 0 Å². The summed E-state index contributed by atoms with van der Waals surface area (Å²) in [5.41, 5.74) is 5.86. The highest BCUT2D eigenvalue weighted by Gasteiger charge is 2.25. The van der Waals surface area contributed by atoms with Crippen LogP contribution in [-0.2, 0) is 4.79 Å². The maximum atomic E-state index is 13.8. The van der Waals surface area contributed by atoms with E-state index in [0.29, 0.717) is 17.8 Å². The van der Waals surface area contributed by atoms with Gasteiger partial charge in [-0.05, 0) is 80.9 Å². The lowest BCUT2D eigenvalue weighted by atomic mass is 9.99. The van der Waals surface area contributed by atoms with E-state index in [0.717, 1.165) is 39.8 Å². The summed E-state index contributed by atoms with van der Waals surface area (Å²) in [4.78, 5) is 33.4. The van der Waals surface area contributed by atoms with E-state index < -0.39 is 0 Å². The van der Waals surface area contributed by atoms with Crippen molar-refractivity contribution in [1.82, 2.24) is 9.88 Å². The van der Waals surface area contributed by atoms with E-state index in [1.165, 1.54) is 0 Å². The van der Waals surface area contributed by atoms with Crippen molar-refractivity contribution < 1.29 is 9.59 Å². The summed E-state index contributed by atoms with van der Waals surface area (Å²) in [7, 11) is 3.71. The molecule has 0 bridgehead atoms. The molecule has 1 aliphatic rings. The molecule has 0 saturated carbocycles. The van der Waals surface area contributed by atoms with Gasteiger partial charge in [-0.2, -0.15) is 0 Å². The summed E-state index contributed by atoms with van der Waals surface area (Å²) in [6.07, 6.45) is 2.74. The minimum absolute atomic E-state index is 0.0888. The Kier molecular flexibility index (Phi) is 6.48. The molecular formula is C29H31N5O2. The van der Waals surface area contributed by atoms with Crippen LogP contribution in [0.2, 0.25) is 0 Å². The zero-order valence-electron chi connectivity index (χ0n) is 20.8. The molecular weight excluding hydrogens is 450 g/mol. The number of aromatic nitrogens is 1.